The summed E-state index contributed by atoms with van der Waals surface area (Å²) in [6, 6.07) is 4.16. The Morgan fingerprint density at radius 3 is 2.67 bits per heavy atom. The standard InChI is InChI=1S/C13H14ClFN2S/c1-7(2)11-6-18-13(17-11)12(16)8-3-4-10(15)9(14)5-8/h3-7,12H,16H2,1-2H3. The van der Waals surface area contributed by atoms with Gasteiger partial charge in [0, 0.05) is 5.38 Å². The van der Waals surface area contributed by atoms with E-state index in [0.29, 0.717) is 5.92 Å². The molecule has 1 heterocycles. The minimum Gasteiger partial charge on any atom is -0.318 e. The van der Waals surface area contributed by atoms with Crippen LogP contribution in [0.25, 0.3) is 0 Å². The molecule has 2 nitrogen and oxygen atoms in total. The Hall–Kier alpha value is -0.970. The van der Waals surface area contributed by atoms with Gasteiger partial charge in [0.05, 0.1) is 16.8 Å². The smallest absolute Gasteiger partial charge is 0.141 e. The van der Waals surface area contributed by atoms with Crippen molar-refractivity contribution in [2.75, 3.05) is 0 Å². The van der Waals surface area contributed by atoms with Crippen LogP contribution in [0.3, 0.4) is 0 Å². The molecular weight excluding hydrogens is 271 g/mol. The number of thiazole rings is 1. The Morgan fingerprint density at radius 1 is 1.39 bits per heavy atom. The van der Waals surface area contributed by atoms with Crippen LogP contribution >= 0.6 is 22.9 Å². The van der Waals surface area contributed by atoms with Crippen LogP contribution in [-0.4, -0.2) is 4.98 Å². The maximum absolute atomic E-state index is 13.1. The van der Waals surface area contributed by atoms with Crippen molar-refractivity contribution in [1.82, 2.24) is 4.98 Å². The molecular formula is C13H14ClFN2S. The Labute approximate surface area is 115 Å². The minimum atomic E-state index is -0.436. The fourth-order valence-corrected chi connectivity index (χ4v) is 2.75. The van der Waals surface area contributed by atoms with E-state index in [0.717, 1.165) is 16.3 Å². The van der Waals surface area contributed by atoms with Crippen LogP contribution in [0.2, 0.25) is 5.02 Å². The zero-order chi connectivity index (χ0) is 13.3. The van der Waals surface area contributed by atoms with E-state index in [1.807, 2.05) is 5.38 Å². The van der Waals surface area contributed by atoms with Crippen molar-refractivity contribution in [3.8, 4) is 0 Å². The molecule has 2 aromatic rings. The van der Waals surface area contributed by atoms with Gasteiger partial charge in [-0.2, -0.15) is 0 Å². The predicted molar refractivity (Wildman–Crippen MR) is 73.6 cm³/mol. The average molecular weight is 285 g/mol. The van der Waals surface area contributed by atoms with Gasteiger partial charge in [0.15, 0.2) is 0 Å². The quantitative estimate of drug-likeness (QED) is 0.921. The molecule has 5 heteroatoms. The Bertz CT molecular complexity index is 554. The number of hydrogen-bond donors (Lipinski definition) is 1. The zero-order valence-corrected chi connectivity index (χ0v) is 11.7. The molecule has 2 N–H and O–H groups in total. The van der Waals surface area contributed by atoms with Crippen molar-refractivity contribution in [2.45, 2.75) is 25.8 Å². The number of nitrogens with two attached hydrogens (primary N) is 1. The number of halogens is 2. The van der Waals surface area contributed by atoms with Crippen LogP contribution in [0, 0.1) is 5.82 Å². The van der Waals surface area contributed by atoms with Gasteiger partial charge >= 0.3 is 0 Å². The second kappa shape index (κ2) is 5.34. The van der Waals surface area contributed by atoms with Crippen LogP contribution in [0.1, 0.15) is 42.1 Å². The first-order chi connectivity index (χ1) is 8.49. The van der Waals surface area contributed by atoms with Crippen LogP contribution in [0.4, 0.5) is 4.39 Å². The normalized spacial score (nSPS) is 13.0. The SMILES string of the molecule is CC(C)c1csc(C(N)c2ccc(F)c(Cl)c2)n1. The summed E-state index contributed by atoms with van der Waals surface area (Å²) < 4.78 is 13.1. The molecule has 1 aromatic heterocycles. The molecule has 0 saturated heterocycles. The van der Waals surface area contributed by atoms with Crippen LogP contribution in [-0.2, 0) is 0 Å². The molecule has 1 aromatic carbocycles. The topological polar surface area (TPSA) is 38.9 Å². The Kier molecular flexibility index (Phi) is 4.00. The van der Waals surface area contributed by atoms with E-state index < -0.39 is 5.82 Å². The first-order valence-corrected chi connectivity index (χ1v) is 6.90. The summed E-state index contributed by atoms with van der Waals surface area (Å²) in [7, 11) is 0. The second-order valence-electron chi connectivity index (χ2n) is 4.42. The third-order valence-electron chi connectivity index (χ3n) is 2.70. The van der Waals surface area contributed by atoms with E-state index in [-0.39, 0.29) is 11.1 Å². The van der Waals surface area contributed by atoms with Gasteiger partial charge in [-0.05, 0) is 23.6 Å². The van der Waals surface area contributed by atoms with Gasteiger partial charge in [-0.1, -0.05) is 31.5 Å². The summed E-state index contributed by atoms with van der Waals surface area (Å²) in [5, 5.41) is 2.91. The maximum atomic E-state index is 13.1. The average Bonchev–Trinajstić information content (AvgIpc) is 2.81. The lowest BCUT2D eigenvalue weighted by Crippen LogP contribution is -2.12. The van der Waals surface area contributed by atoms with E-state index in [4.69, 9.17) is 17.3 Å². The van der Waals surface area contributed by atoms with E-state index in [2.05, 4.69) is 18.8 Å². The predicted octanol–water partition coefficient (Wildman–Crippen LogP) is 4.11. The molecule has 0 radical (unpaired) electrons. The number of hydrogen-bond acceptors (Lipinski definition) is 3. The first-order valence-electron chi connectivity index (χ1n) is 5.65. The highest BCUT2D eigenvalue weighted by Crippen LogP contribution is 2.27. The van der Waals surface area contributed by atoms with Crippen molar-refractivity contribution in [1.29, 1.82) is 0 Å². The van der Waals surface area contributed by atoms with Crippen LogP contribution in [0.5, 0.6) is 0 Å². The molecule has 18 heavy (non-hydrogen) atoms. The number of nitrogens with zero attached hydrogens (tertiary/aromatic N) is 1. The first kappa shape index (κ1) is 13.5. The molecule has 0 bridgehead atoms. The molecule has 0 aliphatic carbocycles. The number of benzene rings is 1. The lowest BCUT2D eigenvalue weighted by Gasteiger charge is -2.09. The van der Waals surface area contributed by atoms with Gasteiger partial charge in [0.1, 0.15) is 10.8 Å². The van der Waals surface area contributed by atoms with Crippen molar-refractivity contribution in [2.24, 2.45) is 5.73 Å². The summed E-state index contributed by atoms with van der Waals surface area (Å²) in [6.07, 6.45) is 0. The largest absolute Gasteiger partial charge is 0.318 e. The lowest BCUT2D eigenvalue weighted by atomic mass is 10.1. The molecule has 1 unspecified atom stereocenters. The Morgan fingerprint density at radius 2 is 2.11 bits per heavy atom. The monoisotopic (exact) mass is 284 g/mol. The van der Waals surface area contributed by atoms with Crippen LogP contribution in [0.15, 0.2) is 23.6 Å². The van der Waals surface area contributed by atoms with Gasteiger partial charge < -0.3 is 5.73 Å². The summed E-state index contributed by atoms with van der Waals surface area (Å²) in [5.74, 6) is -0.0615. The van der Waals surface area contributed by atoms with E-state index in [1.165, 1.54) is 17.4 Å². The molecule has 0 aliphatic heterocycles. The van der Waals surface area contributed by atoms with E-state index >= 15 is 0 Å². The third-order valence-corrected chi connectivity index (χ3v) is 3.94. The van der Waals surface area contributed by atoms with Crippen LogP contribution < -0.4 is 5.73 Å². The van der Waals surface area contributed by atoms with E-state index in [9.17, 15) is 4.39 Å². The molecule has 0 aliphatic rings. The fraction of sp³-hybridized carbons (Fsp3) is 0.308. The highest BCUT2D eigenvalue weighted by Gasteiger charge is 2.15. The number of aromatic nitrogens is 1. The highest BCUT2D eigenvalue weighted by atomic mass is 35.5. The Balaban J connectivity index is 2.29. The zero-order valence-electron chi connectivity index (χ0n) is 10.2. The maximum Gasteiger partial charge on any atom is 0.141 e. The van der Waals surface area contributed by atoms with Crippen molar-refractivity contribution >= 4 is 22.9 Å². The fourth-order valence-electron chi connectivity index (χ4n) is 1.56. The summed E-state index contributed by atoms with van der Waals surface area (Å²) >= 11 is 7.27. The van der Waals surface area contributed by atoms with Gasteiger partial charge in [-0.3, -0.25) is 0 Å². The molecule has 0 spiro atoms. The molecule has 2 rings (SSSR count). The second-order valence-corrected chi connectivity index (χ2v) is 5.71. The molecule has 96 valence electrons. The number of rotatable bonds is 3. The molecule has 0 amide bonds. The van der Waals surface area contributed by atoms with E-state index in [1.54, 1.807) is 12.1 Å². The minimum absolute atomic E-state index is 0.0867. The summed E-state index contributed by atoms with van der Waals surface area (Å²) in [4.78, 5) is 4.49. The van der Waals surface area contributed by atoms with Gasteiger partial charge in [0.2, 0.25) is 0 Å². The van der Waals surface area contributed by atoms with Gasteiger partial charge in [0.25, 0.3) is 0 Å². The highest BCUT2D eigenvalue weighted by molar-refractivity contribution is 7.09. The summed E-state index contributed by atoms with van der Waals surface area (Å²) in [5.41, 5.74) is 7.91. The van der Waals surface area contributed by atoms with Crippen molar-refractivity contribution in [3.05, 3.63) is 50.7 Å². The summed E-state index contributed by atoms with van der Waals surface area (Å²) in [6.45, 7) is 4.16. The van der Waals surface area contributed by atoms with Gasteiger partial charge in [-0.25, -0.2) is 9.37 Å². The van der Waals surface area contributed by atoms with Crippen molar-refractivity contribution in [3.63, 3.8) is 0 Å². The molecule has 0 saturated carbocycles. The van der Waals surface area contributed by atoms with Crippen molar-refractivity contribution < 1.29 is 4.39 Å². The molecule has 0 fully saturated rings. The van der Waals surface area contributed by atoms with Gasteiger partial charge in [-0.15, -0.1) is 11.3 Å². The lowest BCUT2D eigenvalue weighted by molar-refractivity contribution is 0.626. The molecule has 1 atom stereocenters. The third kappa shape index (κ3) is 2.71.